The number of carbonyl (C=O) groups excluding carboxylic acids is 2. The van der Waals surface area contributed by atoms with Gasteiger partial charge in [0, 0.05) is 18.5 Å². The van der Waals surface area contributed by atoms with Crippen LogP contribution in [0.5, 0.6) is 5.75 Å². The lowest BCUT2D eigenvalue weighted by Crippen LogP contribution is -2.37. The standard InChI is InChI=1S/C22H26FN5O3/c1-2-18(29)27-8-3-4-16(27)12-28-21(24)19(22(25)30)20(26-28)14-7-9-31-17-11-15(23)6-5-13(17)10-14/h2,5-6,11,14,16H,1,3-4,7-10,12,24H2,(H2,25,30). The van der Waals surface area contributed by atoms with E-state index in [2.05, 4.69) is 11.7 Å². The van der Waals surface area contributed by atoms with Crippen LogP contribution in [0.25, 0.3) is 0 Å². The number of fused-ring (bicyclic) bond motifs is 1. The first-order valence-electron chi connectivity index (χ1n) is 10.4. The maximum Gasteiger partial charge on any atom is 0.254 e. The Labute approximate surface area is 179 Å². The molecule has 2 aliphatic rings. The average Bonchev–Trinajstić information content (AvgIpc) is 3.26. The van der Waals surface area contributed by atoms with Gasteiger partial charge in [-0.25, -0.2) is 9.07 Å². The number of hydrogen-bond donors (Lipinski definition) is 2. The second-order valence-corrected chi connectivity index (χ2v) is 8.01. The topological polar surface area (TPSA) is 116 Å². The number of hydrogen-bond acceptors (Lipinski definition) is 5. The molecule has 9 heteroatoms. The number of carbonyl (C=O) groups is 2. The predicted octanol–water partition coefficient (Wildman–Crippen LogP) is 1.99. The molecule has 0 saturated carbocycles. The number of halogens is 1. The van der Waals surface area contributed by atoms with Gasteiger partial charge in [-0.05, 0) is 43.4 Å². The van der Waals surface area contributed by atoms with E-state index in [1.807, 2.05) is 0 Å². The number of anilines is 1. The third-order valence-corrected chi connectivity index (χ3v) is 6.09. The molecule has 31 heavy (non-hydrogen) atoms. The van der Waals surface area contributed by atoms with Crippen LogP contribution in [-0.4, -0.2) is 45.7 Å². The number of likely N-dealkylation sites (tertiary alicyclic amines) is 1. The number of nitrogens with two attached hydrogens (primary N) is 2. The lowest BCUT2D eigenvalue weighted by Gasteiger charge is -2.23. The van der Waals surface area contributed by atoms with Gasteiger partial charge in [-0.15, -0.1) is 0 Å². The summed E-state index contributed by atoms with van der Waals surface area (Å²) in [6, 6.07) is 4.36. The fourth-order valence-corrected chi connectivity index (χ4v) is 4.55. The van der Waals surface area contributed by atoms with E-state index in [1.165, 1.54) is 18.2 Å². The number of ether oxygens (including phenoxy) is 1. The molecule has 164 valence electrons. The third-order valence-electron chi connectivity index (χ3n) is 6.09. The zero-order chi connectivity index (χ0) is 22.1. The Bertz CT molecular complexity index is 1030. The number of rotatable bonds is 5. The molecule has 1 saturated heterocycles. The maximum absolute atomic E-state index is 13.6. The molecule has 1 aromatic heterocycles. The van der Waals surface area contributed by atoms with Crippen LogP contribution in [0.1, 0.15) is 46.8 Å². The molecule has 0 aliphatic carbocycles. The van der Waals surface area contributed by atoms with Gasteiger partial charge in [-0.2, -0.15) is 5.10 Å². The monoisotopic (exact) mass is 427 g/mol. The van der Waals surface area contributed by atoms with Crippen LogP contribution >= 0.6 is 0 Å². The highest BCUT2D eigenvalue weighted by atomic mass is 19.1. The van der Waals surface area contributed by atoms with E-state index in [0.29, 0.717) is 44.0 Å². The first kappa shape index (κ1) is 20.9. The Morgan fingerprint density at radius 3 is 2.90 bits per heavy atom. The molecule has 0 bridgehead atoms. The largest absolute Gasteiger partial charge is 0.493 e. The second kappa shape index (κ2) is 8.41. The third kappa shape index (κ3) is 3.99. The number of primary amides is 1. The Hall–Kier alpha value is -3.36. The van der Waals surface area contributed by atoms with Gasteiger partial charge in [0.15, 0.2) is 0 Å². The van der Waals surface area contributed by atoms with E-state index < -0.39 is 5.91 Å². The highest BCUT2D eigenvalue weighted by Crippen LogP contribution is 2.35. The van der Waals surface area contributed by atoms with Crippen molar-refractivity contribution in [2.75, 3.05) is 18.9 Å². The lowest BCUT2D eigenvalue weighted by atomic mass is 9.91. The van der Waals surface area contributed by atoms with E-state index in [9.17, 15) is 14.0 Å². The smallest absolute Gasteiger partial charge is 0.254 e. The van der Waals surface area contributed by atoms with Crippen LogP contribution in [0, 0.1) is 5.82 Å². The molecule has 4 rings (SSSR count). The van der Waals surface area contributed by atoms with Crippen molar-refractivity contribution in [2.45, 2.75) is 44.2 Å². The molecule has 4 N–H and O–H groups in total. The minimum absolute atomic E-state index is 0.0811. The Balaban J connectivity index is 1.65. The Morgan fingerprint density at radius 1 is 1.35 bits per heavy atom. The summed E-state index contributed by atoms with van der Waals surface area (Å²) >= 11 is 0. The number of nitrogens with zero attached hydrogens (tertiary/aromatic N) is 3. The Morgan fingerprint density at radius 2 is 2.16 bits per heavy atom. The molecule has 8 nitrogen and oxygen atoms in total. The predicted molar refractivity (Wildman–Crippen MR) is 113 cm³/mol. The fraction of sp³-hybridized carbons (Fsp3) is 0.409. The van der Waals surface area contributed by atoms with Crippen LogP contribution in [0.2, 0.25) is 0 Å². The average molecular weight is 427 g/mol. The quantitative estimate of drug-likeness (QED) is 0.708. The van der Waals surface area contributed by atoms with Crippen molar-refractivity contribution >= 4 is 17.6 Å². The first-order valence-corrected chi connectivity index (χ1v) is 10.4. The SMILES string of the molecule is C=CC(=O)N1CCCC1Cn1nc(C2CCOc3cc(F)ccc3C2)c(C(N)=O)c1N. The molecule has 2 amide bonds. The lowest BCUT2D eigenvalue weighted by molar-refractivity contribution is -0.127. The van der Waals surface area contributed by atoms with E-state index in [0.717, 1.165) is 18.4 Å². The number of benzene rings is 1. The van der Waals surface area contributed by atoms with Crippen LogP contribution in [0.15, 0.2) is 30.9 Å². The number of amides is 2. The molecule has 3 heterocycles. The van der Waals surface area contributed by atoms with Gasteiger partial charge >= 0.3 is 0 Å². The zero-order valence-electron chi connectivity index (χ0n) is 17.2. The summed E-state index contributed by atoms with van der Waals surface area (Å²) in [6.45, 7) is 4.95. The van der Waals surface area contributed by atoms with Crippen molar-refractivity contribution in [3.05, 3.63) is 53.5 Å². The van der Waals surface area contributed by atoms with Crippen LogP contribution in [0.4, 0.5) is 10.2 Å². The molecule has 1 aromatic carbocycles. The second-order valence-electron chi connectivity index (χ2n) is 8.01. The normalized spacial score (nSPS) is 20.6. The molecule has 0 spiro atoms. The summed E-state index contributed by atoms with van der Waals surface area (Å²) in [5.74, 6) is -0.599. The molecule has 2 atom stereocenters. The summed E-state index contributed by atoms with van der Waals surface area (Å²) < 4.78 is 20.9. The summed E-state index contributed by atoms with van der Waals surface area (Å²) in [7, 11) is 0. The van der Waals surface area contributed by atoms with E-state index >= 15 is 0 Å². The molecule has 2 unspecified atom stereocenters. The van der Waals surface area contributed by atoms with Crippen molar-refractivity contribution < 1.29 is 18.7 Å². The summed E-state index contributed by atoms with van der Waals surface area (Å²) in [6.07, 6.45) is 4.11. The van der Waals surface area contributed by atoms with Gasteiger partial charge in [0.05, 0.1) is 24.9 Å². The Kier molecular flexibility index (Phi) is 5.67. The van der Waals surface area contributed by atoms with Crippen LogP contribution in [-0.2, 0) is 17.8 Å². The summed E-state index contributed by atoms with van der Waals surface area (Å²) in [5, 5.41) is 4.67. The van der Waals surface area contributed by atoms with Gasteiger partial charge in [0.25, 0.3) is 5.91 Å². The van der Waals surface area contributed by atoms with E-state index in [-0.39, 0.29) is 35.1 Å². The van der Waals surface area contributed by atoms with Crippen LogP contribution < -0.4 is 16.2 Å². The number of aromatic nitrogens is 2. The van der Waals surface area contributed by atoms with Gasteiger partial charge in [-0.3, -0.25) is 9.59 Å². The maximum atomic E-state index is 13.6. The van der Waals surface area contributed by atoms with Crippen LogP contribution in [0.3, 0.4) is 0 Å². The highest BCUT2D eigenvalue weighted by molar-refractivity contribution is 5.98. The molecular weight excluding hydrogens is 401 g/mol. The molecule has 2 aromatic rings. The van der Waals surface area contributed by atoms with Gasteiger partial charge in [0.1, 0.15) is 22.9 Å². The minimum atomic E-state index is -0.645. The van der Waals surface area contributed by atoms with Crippen molar-refractivity contribution in [1.29, 1.82) is 0 Å². The van der Waals surface area contributed by atoms with Gasteiger partial charge in [-0.1, -0.05) is 12.6 Å². The van der Waals surface area contributed by atoms with Crippen molar-refractivity contribution in [2.24, 2.45) is 5.73 Å². The molecule has 0 radical (unpaired) electrons. The van der Waals surface area contributed by atoms with Gasteiger partial charge < -0.3 is 21.1 Å². The van der Waals surface area contributed by atoms with E-state index in [4.69, 9.17) is 16.2 Å². The van der Waals surface area contributed by atoms with Crippen molar-refractivity contribution in [3.63, 3.8) is 0 Å². The highest BCUT2D eigenvalue weighted by Gasteiger charge is 2.32. The summed E-state index contributed by atoms with van der Waals surface area (Å²) in [4.78, 5) is 26.2. The van der Waals surface area contributed by atoms with E-state index in [1.54, 1.807) is 15.6 Å². The molecule has 1 fully saturated rings. The first-order chi connectivity index (χ1) is 14.9. The molecular formula is C22H26FN5O3. The number of nitrogen functional groups attached to an aromatic ring is 1. The summed E-state index contributed by atoms with van der Waals surface area (Å²) in [5.41, 5.74) is 13.5. The fourth-order valence-electron chi connectivity index (χ4n) is 4.55. The van der Waals surface area contributed by atoms with Crippen molar-refractivity contribution in [3.8, 4) is 5.75 Å². The molecule has 2 aliphatic heterocycles. The van der Waals surface area contributed by atoms with Crippen molar-refractivity contribution in [1.82, 2.24) is 14.7 Å². The van der Waals surface area contributed by atoms with Gasteiger partial charge in [0.2, 0.25) is 5.91 Å². The zero-order valence-corrected chi connectivity index (χ0v) is 17.2. The minimum Gasteiger partial charge on any atom is -0.493 e.